The van der Waals surface area contributed by atoms with Crippen molar-refractivity contribution in [2.75, 3.05) is 23.9 Å². The van der Waals surface area contributed by atoms with Crippen molar-refractivity contribution in [1.29, 1.82) is 0 Å². The number of ether oxygens (including phenoxy) is 1. The second-order valence-electron chi connectivity index (χ2n) is 5.63. The molecule has 0 saturated carbocycles. The lowest BCUT2D eigenvalue weighted by Crippen LogP contribution is -2.32. The molecule has 108 valence electrons. The molecule has 1 aromatic rings. The molecule has 0 aliphatic heterocycles. The van der Waals surface area contributed by atoms with Gasteiger partial charge >= 0.3 is 0 Å². The molecule has 0 atom stereocenters. The van der Waals surface area contributed by atoms with Crippen molar-refractivity contribution in [2.24, 2.45) is 5.92 Å². The number of aryl methyl sites for hydroxylation is 1. The Morgan fingerprint density at radius 3 is 2.16 bits per heavy atom. The van der Waals surface area contributed by atoms with E-state index >= 15 is 0 Å². The number of benzene rings is 1. The maximum atomic E-state index is 5.76. The van der Waals surface area contributed by atoms with E-state index in [0.717, 1.165) is 30.3 Å². The Kier molecular flexibility index (Phi) is 7.63. The van der Waals surface area contributed by atoms with Crippen molar-refractivity contribution in [2.45, 2.75) is 32.6 Å². The van der Waals surface area contributed by atoms with Gasteiger partial charge in [-0.25, -0.2) is 0 Å². The van der Waals surface area contributed by atoms with E-state index in [0.29, 0.717) is 5.92 Å². The van der Waals surface area contributed by atoms with Crippen molar-refractivity contribution in [3.8, 4) is 0 Å². The second kappa shape index (κ2) is 8.43. The maximum absolute atomic E-state index is 5.76. The van der Waals surface area contributed by atoms with E-state index in [-0.39, 0.29) is 5.41 Å². The van der Waals surface area contributed by atoms with Gasteiger partial charge in [0.05, 0.1) is 0 Å². The predicted octanol–water partition coefficient (Wildman–Crippen LogP) is 5.09. The summed E-state index contributed by atoms with van der Waals surface area (Å²) in [5.41, 5.74) is 2.79. The molecule has 3 heteroatoms. The van der Waals surface area contributed by atoms with Gasteiger partial charge in [-0.15, -0.1) is 0 Å². The number of hydrogen-bond acceptors (Lipinski definition) is 1. The van der Waals surface area contributed by atoms with Crippen molar-refractivity contribution < 1.29 is 4.74 Å². The van der Waals surface area contributed by atoms with Gasteiger partial charge < -0.3 is 4.74 Å². The topological polar surface area (TPSA) is 9.23 Å². The zero-order chi connectivity index (χ0) is 14.3. The highest BCUT2D eigenvalue weighted by Gasteiger charge is 2.29. The summed E-state index contributed by atoms with van der Waals surface area (Å²) >= 11 is 7.37. The molecule has 0 aromatic heterocycles. The average molecular weight is 392 g/mol. The maximum Gasteiger partial charge on any atom is 0.0488 e. The molecule has 1 aromatic carbocycles. The van der Waals surface area contributed by atoms with Crippen LogP contribution in [0.25, 0.3) is 0 Å². The van der Waals surface area contributed by atoms with Gasteiger partial charge in [0.25, 0.3) is 0 Å². The summed E-state index contributed by atoms with van der Waals surface area (Å²) in [5, 5.41) is 1.89. The van der Waals surface area contributed by atoms with Crippen LogP contribution in [0.1, 0.15) is 31.4 Å². The summed E-state index contributed by atoms with van der Waals surface area (Å²) in [6, 6.07) is 8.84. The third-order valence-electron chi connectivity index (χ3n) is 3.35. The summed E-state index contributed by atoms with van der Waals surface area (Å²) in [7, 11) is 0. The monoisotopic (exact) mass is 390 g/mol. The van der Waals surface area contributed by atoms with Gasteiger partial charge in [0.1, 0.15) is 0 Å². The Bertz CT molecular complexity index is 356. The van der Waals surface area contributed by atoms with Gasteiger partial charge in [-0.2, -0.15) is 0 Å². The first-order chi connectivity index (χ1) is 9.04. The summed E-state index contributed by atoms with van der Waals surface area (Å²) in [6.45, 7) is 8.14. The van der Waals surface area contributed by atoms with E-state index in [1.165, 1.54) is 11.1 Å². The zero-order valence-corrected chi connectivity index (χ0v) is 15.3. The highest BCUT2D eigenvalue weighted by Crippen LogP contribution is 2.32. The standard InChI is InChI=1S/C16H24Br2O/c1-13(2)10-19-9-8-16(11-17,12-18)15-6-4-14(3)5-7-15/h4-7,13H,8-12H2,1-3H3. The molecule has 1 rings (SSSR count). The van der Waals surface area contributed by atoms with Crippen molar-refractivity contribution in [3.63, 3.8) is 0 Å². The van der Waals surface area contributed by atoms with Crippen LogP contribution >= 0.6 is 31.9 Å². The van der Waals surface area contributed by atoms with E-state index in [4.69, 9.17) is 4.74 Å². The molecular weight excluding hydrogens is 368 g/mol. The van der Waals surface area contributed by atoms with Crippen LogP contribution in [0, 0.1) is 12.8 Å². The van der Waals surface area contributed by atoms with Gasteiger partial charge in [0.15, 0.2) is 0 Å². The minimum absolute atomic E-state index is 0.116. The number of hydrogen-bond donors (Lipinski definition) is 0. The van der Waals surface area contributed by atoms with Crippen LogP contribution in [0.15, 0.2) is 24.3 Å². The second-order valence-corrected chi connectivity index (χ2v) is 6.75. The first-order valence-corrected chi connectivity index (χ1v) is 9.05. The molecule has 0 bridgehead atoms. The molecule has 0 unspecified atom stereocenters. The molecular formula is C16H24Br2O. The van der Waals surface area contributed by atoms with Crippen LogP contribution < -0.4 is 0 Å². The summed E-state index contributed by atoms with van der Waals surface area (Å²) in [4.78, 5) is 0. The Labute approximate surface area is 134 Å². The smallest absolute Gasteiger partial charge is 0.0488 e. The van der Waals surface area contributed by atoms with Crippen LogP contribution in [0.2, 0.25) is 0 Å². The van der Waals surface area contributed by atoms with Crippen LogP contribution in [-0.2, 0) is 10.2 Å². The Balaban J connectivity index is 2.70. The van der Waals surface area contributed by atoms with E-state index in [1.54, 1.807) is 0 Å². The Hall–Kier alpha value is 0.140. The highest BCUT2D eigenvalue weighted by molar-refractivity contribution is 9.09. The molecule has 0 N–H and O–H groups in total. The third kappa shape index (κ3) is 5.20. The summed E-state index contributed by atoms with van der Waals surface area (Å²) < 4.78 is 5.76. The molecule has 0 radical (unpaired) electrons. The molecule has 0 fully saturated rings. The normalized spacial score (nSPS) is 12.1. The van der Waals surface area contributed by atoms with Crippen molar-refractivity contribution >= 4 is 31.9 Å². The van der Waals surface area contributed by atoms with E-state index in [9.17, 15) is 0 Å². The Morgan fingerprint density at radius 1 is 1.11 bits per heavy atom. The molecule has 0 saturated heterocycles. The fourth-order valence-corrected chi connectivity index (χ4v) is 4.10. The van der Waals surface area contributed by atoms with Crippen LogP contribution in [-0.4, -0.2) is 23.9 Å². The lowest BCUT2D eigenvalue weighted by molar-refractivity contribution is 0.0975. The van der Waals surface area contributed by atoms with Gasteiger partial charge in [0.2, 0.25) is 0 Å². The number of halogens is 2. The molecule has 19 heavy (non-hydrogen) atoms. The van der Waals surface area contributed by atoms with Crippen LogP contribution in [0.5, 0.6) is 0 Å². The van der Waals surface area contributed by atoms with E-state index in [1.807, 2.05) is 0 Å². The van der Waals surface area contributed by atoms with Gasteiger partial charge in [-0.05, 0) is 24.8 Å². The van der Waals surface area contributed by atoms with Gasteiger partial charge in [-0.1, -0.05) is 75.5 Å². The van der Waals surface area contributed by atoms with Crippen molar-refractivity contribution in [1.82, 2.24) is 0 Å². The molecule has 1 nitrogen and oxygen atoms in total. The first-order valence-electron chi connectivity index (χ1n) is 6.81. The molecule has 0 aliphatic rings. The lowest BCUT2D eigenvalue weighted by Gasteiger charge is -2.31. The minimum Gasteiger partial charge on any atom is -0.381 e. The average Bonchev–Trinajstić information content (AvgIpc) is 2.41. The third-order valence-corrected chi connectivity index (χ3v) is 5.50. The fourth-order valence-electron chi connectivity index (χ4n) is 1.96. The molecule has 0 spiro atoms. The quantitative estimate of drug-likeness (QED) is 0.443. The van der Waals surface area contributed by atoms with Gasteiger partial charge in [0, 0.05) is 29.3 Å². The zero-order valence-electron chi connectivity index (χ0n) is 12.1. The summed E-state index contributed by atoms with van der Waals surface area (Å²) in [5.74, 6) is 0.599. The van der Waals surface area contributed by atoms with Crippen LogP contribution in [0.4, 0.5) is 0 Å². The summed E-state index contributed by atoms with van der Waals surface area (Å²) in [6.07, 6.45) is 1.03. The molecule has 0 heterocycles. The SMILES string of the molecule is Cc1ccc(C(CBr)(CBr)CCOCC(C)C)cc1. The van der Waals surface area contributed by atoms with E-state index < -0.39 is 0 Å². The lowest BCUT2D eigenvalue weighted by atomic mass is 9.81. The van der Waals surface area contributed by atoms with Crippen molar-refractivity contribution in [3.05, 3.63) is 35.4 Å². The molecule has 0 aliphatic carbocycles. The highest BCUT2D eigenvalue weighted by atomic mass is 79.9. The van der Waals surface area contributed by atoms with E-state index in [2.05, 4.69) is 76.9 Å². The predicted molar refractivity (Wildman–Crippen MR) is 90.7 cm³/mol. The first kappa shape index (κ1) is 17.2. The number of alkyl halides is 2. The largest absolute Gasteiger partial charge is 0.381 e. The Morgan fingerprint density at radius 2 is 1.68 bits per heavy atom. The molecule has 0 amide bonds. The fraction of sp³-hybridized carbons (Fsp3) is 0.625. The van der Waals surface area contributed by atoms with Crippen LogP contribution in [0.3, 0.4) is 0 Å². The minimum atomic E-state index is 0.116. The number of rotatable bonds is 8. The van der Waals surface area contributed by atoms with Gasteiger partial charge in [-0.3, -0.25) is 0 Å².